The molecule has 1 aromatic carbocycles. The van der Waals surface area contributed by atoms with E-state index in [2.05, 4.69) is 31.2 Å². The van der Waals surface area contributed by atoms with Crippen LogP contribution in [0.25, 0.3) is 0 Å². The Bertz CT molecular complexity index is 607. The van der Waals surface area contributed by atoms with Crippen molar-refractivity contribution in [3.05, 3.63) is 44.7 Å². The maximum atomic E-state index is 10.9. The van der Waals surface area contributed by atoms with Crippen LogP contribution in [-0.4, -0.2) is 16.3 Å². The molecule has 0 saturated heterocycles. The highest BCUT2D eigenvalue weighted by Crippen LogP contribution is 2.29. The lowest BCUT2D eigenvalue weighted by atomic mass is 10.3. The number of hydrogen-bond acceptors (Lipinski definition) is 4. The minimum atomic E-state index is 0.0913. The molecule has 4 nitrogen and oxygen atoms in total. The van der Waals surface area contributed by atoms with Crippen LogP contribution in [0.2, 0.25) is 10.2 Å². The van der Waals surface area contributed by atoms with Crippen molar-refractivity contribution < 1.29 is 4.79 Å². The zero-order chi connectivity index (χ0) is 13.1. The lowest BCUT2D eigenvalue weighted by Gasteiger charge is -2.10. The van der Waals surface area contributed by atoms with Crippen molar-refractivity contribution in [1.29, 1.82) is 0 Å². The summed E-state index contributed by atoms with van der Waals surface area (Å²) in [7, 11) is 0. The van der Waals surface area contributed by atoms with Gasteiger partial charge in [0.15, 0.2) is 6.29 Å². The maximum absolute atomic E-state index is 10.9. The first-order chi connectivity index (χ1) is 8.61. The Hall–Kier alpha value is -1.17. The van der Waals surface area contributed by atoms with E-state index in [9.17, 15) is 4.79 Å². The molecular formula is C11H6BrCl2N3O. The molecule has 0 fully saturated rings. The van der Waals surface area contributed by atoms with E-state index in [1.807, 2.05) is 0 Å². The highest BCUT2D eigenvalue weighted by molar-refractivity contribution is 9.10. The smallest absolute Gasteiger partial charge is 0.156 e. The number of aromatic nitrogens is 2. The summed E-state index contributed by atoms with van der Waals surface area (Å²) in [6.45, 7) is 0. The number of hydrogen-bond donors (Lipinski definition) is 1. The van der Waals surface area contributed by atoms with Gasteiger partial charge in [-0.3, -0.25) is 4.79 Å². The zero-order valence-electron chi connectivity index (χ0n) is 8.82. The van der Waals surface area contributed by atoms with Crippen molar-refractivity contribution in [3.8, 4) is 0 Å². The molecule has 0 amide bonds. The lowest BCUT2D eigenvalue weighted by molar-refractivity contribution is 0.112. The molecular weight excluding hydrogens is 341 g/mol. The van der Waals surface area contributed by atoms with Crippen LogP contribution in [0.3, 0.4) is 0 Å². The van der Waals surface area contributed by atoms with Gasteiger partial charge in [0.25, 0.3) is 0 Å². The predicted octanol–water partition coefficient (Wildman–Crippen LogP) is 4.10. The fraction of sp³-hybridized carbons (Fsp3) is 0. The number of halogens is 3. The molecule has 2 rings (SSSR count). The highest BCUT2D eigenvalue weighted by atomic mass is 79.9. The normalized spacial score (nSPS) is 10.2. The van der Waals surface area contributed by atoms with Crippen LogP contribution >= 0.6 is 39.1 Å². The molecule has 0 radical (unpaired) electrons. The van der Waals surface area contributed by atoms with Crippen molar-refractivity contribution in [3.63, 3.8) is 0 Å². The third kappa shape index (κ3) is 2.80. The molecule has 2 aromatic rings. The zero-order valence-corrected chi connectivity index (χ0v) is 11.9. The van der Waals surface area contributed by atoms with Crippen LogP contribution in [0.4, 0.5) is 11.5 Å². The van der Waals surface area contributed by atoms with Crippen LogP contribution in [0.5, 0.6) is 0 Å². The van der Waals surface area contributed by atoms with Gasteiger partial charge in [-0.25, -0.2) is 9.97 Å². The molecule has 0 unspecified atom stereocenters. The molecule has 1 N–H and O–H groups in total. The Labute approximate surface area is 121 Å². The van der Waals surface area contributed by atoms with Crippen molar-refractivity contribution in [1.82, 2.24) is 9.97 Å². The van der Waals surface area contributed by atoms with Gasteiger partial charge in [-0.2, -0.15) is 0 Å². The minimum absolute atomic E-state index is 0.0913. The van der Waals surface area contributed by atoms with Gasteiger partial charge in [0.2, 0.25) is 0 Å². The number of carbonyl (C=O) groups excluding carboxylic acids is 1. The number of carbonyl (C=O) groups is 1. The number of aldehydes is 1. The van der Waals surface area contributed by atoms with Crippen molar-refractivity contribution in [2.75, 3.05) is 5.32 Å². The second kappa shape index (κ2) is 5.65. The van der Waals surface area contributed by atoms with Crippen LogP contribution < -0.4 is 5.32 Å². The third-order valence-electron chi connectivity index (χ3n) is 2.13. The third-order valence-corrected chi connectivity index (χ3v) is 3.26. The van der Waals surface area contributed by atoms with E-state index in [-0.39, 0.29) is 10.7 Å². The highest BCUT2D eigenvalue weighted by Gasteiger charge is 2.10. The molecule has 0 saturated carbocycles. The van der Waals surface area contributed by atoms with Crippen molar-refractivity contribution in [2.45, 2.75) is 0 Å². The first kappa shape index (κ1) is 13.3. The number of benzene rings is 1. The van der Waals surface area contributed by atoms with Gasteiger partial charge < -0.3 is 5.32 Å². The van der Waals surface area contributed by atoms with E-state index in [1.165, 1.54) is 6.33 Å². The van der Waals surface area contributed by atoms with Gasteiger partial charge in [-0.15, -0.1) is 0 Å². The van der Waals surface area contributed by atoms with E-state index in [1.54, 1.807) is 18.2 Å². The Morgan fingerprint density at radius 1 is 1.28 bits per heavy atom. The fourth-order valence-corrected chi connectivity index (χ4v) is 2.00. The monoisotopic (exact) mass is 345 g/mol. The number of anilines is 2. The molecule has 0 aliphatic rings. The topological polar surface area (TPSA) is 54.9 Å². The molecule has 1 heterocycles. The van der Waals surface area contributed by atoms with E-state index >= 15 is 0 Å². The second-order valence-corrected chi connectivity index (χ2v) is 4.97. The molecule has 0 bridgehead atoms. The van der Waals surface area contributed by atoms with Crippen molar-refractivity contribution >= 4 is 56.9 Å². The molecule has 1 aromatic heterocycles. The van der Waals surface area contributed by atoms with Crippen LogP contribution in [0.15, 0.2) is 29.0 Å². The van der Waals surface area contributed by atoms with Gasteiger partial charge in [0.1, 0.15) is 17.3 Å². The van der Waals surface area contributed by atoms with Gasteiger partial charge in [0, 0.05) is 4.47 Å². The molecule has 7 heteroatoms. The Morgan fingerprint density at radius 3 is 2.78 bits per heavy atom. The first-order valence-corrected chi connectivity index (χ1v) is 6.34. The van der Waals surface area contributed by atoms with Gasteiger partial charge in [-0.05, 0) is 18.2 Å². The molecule has 0 atom stereocenters. The molecule has 92 valence electrons. The first-order valence-electron chi connectivity index (χ1n) is 4.79. The Balaban J connectivity index is 2.43. The van der Waals surface area contributed by atoms with E-state index < -0.39 is 0 Å². The summed E-state index contributed by atoms with van der Waals surface area (Å²) in [5.74, 6) is 0.310. The van der Waals surface area contributed by atoms with Crippen LogP contribution in [0.1, 0.15) is 10.4 Å². The summed E-state index contributed by atoms with van der Waals surface area (Å²) < 4.78 is 0.849. The second-order valence-electron chi connectivity index (χ2n) is 3.29. The van der Waals surface area contributed by atoms with Crippen LogP contribution in [0, 0.1) is 0 Å². The van der Waals surface area contributed by atoms with Crippen molar-refractivity contribution in [2.24, 2.45) is 0 Å². The summed E-state index contributed by atoms with van der Waals surface area (Å²) in [6.07, 6.45) is 1.86. The number of nitrogens with one attached hydrogen (secondary N) is 1. The summed E-state index contributed by atoms with van der Waals surface area (Å²) >= 11 is 15.2. The van der Waals surface area contributed by atoms with Gasteiger partial charge in [-0.1, -0.05) is 39.1 Å². The number of rotatable bonds is 3. The van der Waals surface area contributed by atoms with Crippen LogP contribution in [-0.2, 0) is 0 Å². The van der Waals surface area contributed by atoms with Gasteiger partial charge >= 0.3 is 0 Å². The molecule has 18 heavy (non-hydrogen) atoms. The van der Waals surface area contributed by atoms with E-state index in [0.29, 0.717) is 22.8 Å². The summed E-state index contributed by atoms with van der Waals surface area (Å²) in [4.78, 5) is 18.6. The number of nitrogens with zero attached hydrogens (tertiary/aromatic N) is 2. The average molecular weight is 347 g/mol. The minimum Gasteiger partial charge on any atom is -0.338 e. The summed E-state index contributed by atoms with van der Waals surface area (Å²) in [5, 5.41) is 3.54. The Morgan fingerprint density at radius 2 is 2.06 bits per heavy atom. The van der Waals surface area contributed by atoms with Gasteiger partial charge in [0.05, 0.1) is 16.3 Å². The quantitative estimate of drug-likeness (QED) is 0.671. The van der Waals surface area contributed by atoms with E-state index in [4.69, 9.17) is 23.2 Å². The predicted molar refractivity (Wildman–Crippen MR) is 74.9 cm³/mol. The largest absolute Gasteiger partial charge is 0.338 e. The standard InChI is InChI=1S/C11H6BrCl2N3O/c12-6-1-2-8(13)9(3-6)17-11-7(4-18)10(14)15-5-16-11/h1-5H,(H,15,16,17). The average Bonchev–Trinajstić information content (AvgIpc) is 2.34. The fourth-order valence-electron chi connectivity index (χ4n) is 1.30. The molecule has 0 aliphatic carbocycles. The summed E-state index contributed by atoms with van der Waals surface area (Å²) in [5.41, 5.74) is 0.805. The lowest BCUT2D eigenvalue weighted by Crippen LogP contribution is -2.01. The SMILES string of the molecule is O=Cc1c(Cl)ncnc1Nc1cc(Br)ccc1Cl. The Kier molecular flexibility index (Phi) is 4.16. The maximum Gasteiger partial charge on any atom is 0.156 e. The van der Waals surface area contributed by atoms with E-state index in [0.717, 1.165) is 4.47 Å². The molecule has 0 aliphatic heterocycles. The summed E-state index contributed by atoms with van der Waals surface area (Å²) in [6, 6.07) is 5.30. The molecule has 0 spiro atoms.